The molecule has 2 N–H and O–H groups in total. The third kappa shape index (κ3) is 5.15. The van der Waals surface area contributed by atoms with E-state index in [1.54, 1.807) is 12.1 Å². The highest BCUT2D eigenvalue weighted by atomic mass is 79.9. The van der Waals surface area contributed by atoms with Crippen LogP contribution in [0.25, 0.3) is 0 Å². The van der Waals surface area contributed by atoms with Crippen LogP contribution in [0.1, 0.15) is 15.9 Å². The minimum Gasteiger partial charge on any atom is -0.493 e. The number of carboxylic acid groups (broad SMARTS) is 1. The van der Waals surface area contributed by atoms with Gasteiger partial charge in [0.25, 0.3) is 10.0 Å². The smallest absolute Gasteiger partial charge is 0.337 e. The van der Waals surface area contributed by atoms with E-state index in [1.807, 2.05) is 6.92 Å². The lowest BCUT2D eigenvalue weighted by Crippen LogP contribution is -2.17. The highest BCUT2D eigenvalue weighted by Crippen LogP contribution is 2.35. The first-order valence-corrected chi connectivity index (χ1v) is 10.3. The molecule has 2 aromatic carbocycles. The van der Waals surface area contributed by atoms with Crippen LogP contribution < -0.4 is 14.2 Å². The van der Waals surface area contributed by atoms with Crippen LogP contribution in [-0.4, -0.2) is 46.9 Å². The molecule has 0 aromatic heterocycles. The fourth-order valence-corrected chi connectivity index (χ4v) is 4.62. The van der Waals surface area contributed by atoms with Crippen molar-refractivity contribution in [3.05, 3.63) is 45.9 Å². The Morgan fingerprint density at radius 3 is 2.43 bits per heavy atom. The van der Waals surface area contributed by atoms with E-state index in [-0.39, 0.29) is 34.3 Å². The Morgan fingerprint density at radius 1 is 1.14 bits per heavy atom. The molecule has 0 unspecified atom stereocenters. The van der Waals surface area contributed by atoms with Gasteiger partial charge in [-0.25, -0.2) is 13.2 Å². The van der Waals surface area contributed by atoms with Crippen molar-refractivity contribution in [3.8, 4) is 11.5 Å². The summed E-state index contributed by atoms with van der Waals surface area (Å²) in [5, 5.41) is 9.49. The number of methoxy groups -OCH3 is 2. The van der Waals surface area contributed by atoms with Gasteiger partial charge in [0.2, 0.25) is 0 Å². The maximum absolute atomic E-state index is 12.8. The van der Waals surface area contributed by atoms with Crippen LogP contribution in [0.3, 0.4) is 0 Å². The van der Waals surface area contributed by atoms with E-state index in [1.165, 1.54) is 32.4 Å². The predicted molar refractivity (Wildman–Crippen MR) is 107 cm³/mol. The number of hydrogen-bond donors (Lipinski definition) is 2. The molecule has 8 nitrogen and oxygen atoms in total. The van der Waals surface area contributed by atoms with Gasteiger partial charge in [0.05, 0.1) is 25.0 Å². The number of ether oxygens (including phenoxy) is 3. The molecule has 0 aliphatic carbocycles. The third-order valence-electron chi connectivity index (χ3n) is 3.70. The van der Waals surface area contributed by atoms with E-state index < -0.39 is 16.0 Å². The van der Waals surface area contributed by atoms with Crippen LogP contribution in [0, 0.1) is 6.92 Å². The highest BCUT2D eigenvalue weighted by molar-refractivity contribution is 9.10. The molecule has 0 fully saturated rings. The van der Waals surface area contributed by atoms with Crippen molar-refractivity contribution >= 4 is 37.6 Å². The second kappa shape index (κ2) is 9.26. The van der Waals surface area contributed by atoms with Crippen LogP contribution in [0.2, 0.25) is 0 Å². The first-order valence-electron chi connectivity index (χ1n) is 8.05. The lowest BCUT2D eigenvalue weighted by Gasteiger charge is -2.16. The number of carboxylic acids is 1. The second-order valence-electron chi connectivity index (χ2n) is 5.73. The maximum atomic E-state index is 12.8. The quantitative estimate of drug-likeness (QED) is 0.537. The van der Waals surface area contributed by atoms with Crippen molar-refractivity contribution in [2.24, 2.45) is 0 Å². The molecular formula is C18H20BrNO7S. The van der Waals surface area contributed by atoms with Gasteiger partial charge in [0.15, 0.2) is 11.5 Å². The monoisotopic (exact) mass is 473 g/mol. The zero-order chi connectivity index (χ0) is 20.9. The van der Waals surface area contributed by atoms with Crippen LogP contribution in [-0.2, 0) is 14.8 Å². The van der Waals surface area contributed by atoms with Crippen LogP contribution in [0.15, 0.2) is 39.7 Å². The summed E-state index contributed by atoms with van der Waals surface area (Å²) in [4.78, 5) is 11.6. The molecule has 28 heavy (non-hydrogen) atoms. The Bertz CT molecular complexity index is 976. The zero-order valence-electron chi connectivity index (χ0n) is 15.5. The minimum atomic E-state index is -4.06. The Kier molecular flexibility index (Phi) is 7.28. The molecule has 0 atom stereocenters. The van der Waals surface area contributed by atoms with Crippen molar-refractivity contribution in [1.82, 2.24) is 0 Å². The van der Waals surface area contributed by atoms with Crippen molar-refractivity contribution in [2.75, 3.05) is 32.2 Å². The molecule has 0 saturated heterocycles. The number of sulfonamides is 1. The standard InChI is InChI=1S/C18H20BrNO7S/c1-11-4-5-17(13(19)8-11)28(23,24)20-14-10-16(27-7-6-25-2)15(26-3)9-12(14)18(21)22/h4-5,8-10,20H,6-7H2,1-3H3,(H,21,22). The number of aryl methyl sites for hydroxylation is 1. The Hall–Kier alpha value is -2.30. The van der Waals surface area contributed by atoms with Gasteiger partial charge < -0.3 is 19.3 Å². The molecule has 0 bridgehead atoms. The van der Waals surface area contributed by atoms with Gasteiger partial charge in [-0.2, -0.15) is 0 Å². The fourth-order valence-electron chi connectivity index (χ4n) is 2.35. The number of nitrogens with one attached hydrogen (secondary N) is 1. The largest absolute Gasteiger partial charge is 0.493 e. The number of rotatable bonds is 9. The third-order valence-corrected chi connectivity index (χ3v) is 6.04. The Labute approximate surface area is 171 Å². The number of benzene rings is 2. The maximum Gasteiger partial charge on any atom is 0.337 e. The van der Waals surface area contributed by atoms with Crippen LogP contribution in [0.4, 0.5) is 5.69 Å². The van der Waals surface area contributed by atoms with E-state index in [0.29, 0.717) is 11.1 Å². The summed E-state index contributed by atoms with van der Waals surface area (Å²) >= 11 is 3.23. The summed E-state index contributed by atoms with van der Waals surface area (Å²) in [6, 6.07) is 7.20. The van der Waals surface area contributed by atoms with Crippen molar-refractivity contribution < 1.29 is 32.5 Å². The van der Waals surface area contributed by atoms with Crippen molar-refractivity contribution in [3.63, 3.8) is 0 Å². The zero-order valence-corrected chi connectivity index (χ0v) is 17.9. The molecule has 0 heterocycles. The van der Waals surface area contributed by atoms with E-state index in [0.717, 1.165) is 5.56 Å². The van der Waals surface area contributed by atoms with Crippen molar-refractivity contribution in [2.45, 2.75) is 11.8 Å². The molecule has 0 saturated carbocycles. The minimum absolute atomic E-state index is 0.0212. The summed E-state index contributed by atoms with van der Waals surface area (Å²) in [5.74, 6) is -0.972. The number of aromatic carboxylic acids is 1. The summed E-state index contributed by atoms with van der Waals surface area (Å²) < 4.78 is 43.9. The summed E-state index contributed by atoms with van der Waals surface area (Å²) in [5.41, 5.74) is 0.450. The first-order chi connectivity index (χ1) is 13.2. The summed E-state index contributed by atoms with van der Waals surface area (Å²) in [7, 11) is -1.19. The van der Waals surface area contributed by atoms with Gasteiger partial charge in [0.1, 0.15) is 11.5 Å². The van der Waals surface area contributed by atoms with E-state index in [9.17, 15) is 18.3 Å². The molecule has 0 aliphatic heterocycles. The van der Waals surface area contributed by atoms with Gasteiger partial charge in [-0.05, 0) is 40.5 Å². The average molecular weight is 474 g/mol. The van der Waals surface area contributed by atoms with E-state index in [2.05, 4.69) is 20.7 Å². The average Bonchev–Trinajstić information content (AvgIpc) is 2.61. The highest BCUT2D eigenvalue weighted by Gasteiger charge is 2.23. The fraction of sp³-hybridized carbons (Fsp3) is 0.278. The van der Waals surface area contributed by atoms with Gasteiger partial charge in [-0.15, -0.1) is 0 Å². The normalized spacial score (nSPS) is 11.1. The Balaban J connectivity index is 2.49. The number of anilines is 1. The predicted octanol–water partition coefficient (Wildman–Crippen LogP) is 3.29. The molecule has 152 valence electrons. The summed E-state index contributed by atoms with van der Waals surface area (Å²) in [6.45, 7) is 2.29. The number of hydrogen-bond acceptors (Lipinski definition) is 6. The number of carbonyl (C=O) groups is 1. The van der Waals surface area contributed by atoms with Crippen LogP contribution >= 0.6 is 15.9 Å². The molecule has 2 rings (SSSR count). The summed E-state index contributed by atoms with van der Waals surface area (Å²) in [6.07, 6.45) is 0. The topological polar surface area (TPSA) is 111 Å². The molecule has 2 aromatic rings. The van der Waals surface area contributed by atoms with Gasteiger partial charge >= 0.3 is 5.97 Å². The van der Waals surface area contributed by atoms with Crippen LogP contribution in [0.5, 0.6) is 11.5 Å². The molecule has 10 heteroatoms. The lowest BCUT2D eigenvalue weighted by atomic mass is 10.1. The van der Waals surface area contributed by atoms with Gasteiger partial charge in [-0.3, -0.25) is 4.72 Å². The molecular weight excluding hydrogens is 454 g/mol. The van der Waals surface area contributed by atoms with Gasteiger partial charge in [0, 0.05) is 23.7 Å². The first kappa shape index (κ1) is 22.0. The SMILES string of the molecule is COCCOc1cc(NS(=O)(=O)c2ccc(C)cc2Br)c(C(=O)O)cc1OC. The van der Waals surface area contributed by atoms with E-state index in [4.69, 9.17) is 14.2 Å². The lowest BCUT2D eigenvalue weighted by molar-refractivity contribution is 0.0697. The molecule has 0 radical (unpaired) electrons. The van der Waals surface area contributed by atoms with Crippen molar-refractivity contribution in [1.29, 1.82) is 0 Å². The Morgan fingerprint density at radius 2 is 1.86 bits per heavy atom. The number of halogens is 1. The van der Waals surface area contributed by atoms with E-state index >= 15 is 0 Å². The second-order valence-corrected chi connectivity index (χ2v) is 8.24. The molecule has 0 amide bonds. The van der Waals surface area contributed by atoms with Gasteiger partial charge in [-0.1, -0.05) is 6.07 Å². The molecule has 0 aliphatic rings. The molecule has 0 spiro atoms.